The lowest BCUT2D eigenvalue weighted by Gasteiger charge is -2.06. The zero-order valence-corrected chi connectivity index (χ0v) is 8.75. The standard InChI is InChI=1S/C10H10N4O3/c11-8-2-1-6(3-7(8)10(15)16)12-4-9-13-5-17-14-9/h1-3,5,12H,4,11H2,(H,15,16). The zero-order valence-electron chi connectivity index (χ0n) is 8.75. The lowest BCUT2D eigenvalue weighted by atomic mass is 10.1. The van der Waals surface area contributed by atoms with Crippen molar-refractivity contribution in [3.8, 4) is 0 Å². The first-order valence-corrected chi connectivity index (χ1v) is 4.79. The van der Waals surface area contributed by atoms with Crippen molar-refractivity contribution in [3.63, 3.8) is 0 Å². The first-order chi connectivity index (χ1) is 8.16. The average Bonchev–Trinajstić information content (AvgIpc) is 2.80. The third-order valence-electron chi connectivity index (χ3n) is 2.14. The van der Waals surface area contributed by atoms with Crippen molar-refractivity contribution < 1.29 is 14.4 Å². The van der Waals surface area contributed by atoms with Crippen LogP contribution in [-0.2, 0) is 6.54 Å². The van der Waals surface area contributed by atoms with E-state index >= 15 is 0 Å². The van der Waals surface area contributed by atoms with Crippen molar-refractivity contribution in [2.45, 2.75) is 6.54 Å². The number of hydrogen-bond acceptors (Lipinski definition) is 6. The van der Waals surface area contributed by atoms with Gasteiger partial charge in [0.15, 0.2) is 5.82 Å². The normalized spacial score (nSPS) is 10.1. The summed E-state index contributed by atoms with van der Waals surface area (Å²) in [6, 6.07) is 4.67. The van der Waals surface area contributed by atoms with Crippen molar-refractivity contribution in [2.75, 3.05) is 11.1 Å². The molecule has 0 amide bonds. The van der Waals surface area contributed by atoms with Gasteiger partial charge in [0.2, 0.25) is 6.39 Å². The summed E-state index contributed by atoms with van der Waals surface area (Å²) >= 11 is 0. The van der Waals surface area contributed by atoms with Crippen LogP contribution < -0.4 is 11.1 Å². The van der Waals surface area contributed by atoms with Crippen molar-refractivity contribution in [2.24, 2.45) is 0 Å². The molecule has 0 saturated heterocycles. The Kier molecular flexibility index (Phi) is 2.91. The van der Waals surface area contributed by atoms with Crippen molar-refractivity contribution in [1.29, 1.82) is 0 Å². The fourth-order valence-electron chi connectivity index (χ4n) is 1.30. The maximum Gasteiger partial charge on any atom is 0.337 e. The smallest absolute Gasteiger partial charge is 0.337 e. The lowest BCUT2D eigenvalue weighted by Crippen LogP contribution is -2.05. The second-order valence-corrected chi connectivity index (χ2v) is 3.31. The van der Waals surface area contributed by atoms with E-state index in [0.717, 1.165) is 0 Å². The van der Waals surface area contributed by atoms with Crippen LogP contribution in [0.3, 0.4) is 0 Å². The van der Waals surface area contributed by atoms with E-state index in [1.54, 1.807) is 6.07 Å². The highest BCUT2D eigenvalue weighted by molar-refractivity contribution is 5.94. The average molecular weight is 234 g/mol. The molecule has 17 heavy (non-hydrogen) atoms. The van der Waals surface area contributed by atoms with E-state index in [0.29, 0.717) is 18.1 Å². The molecular weight excluding hydrogens is 224 g/mol. The number of hydrogen-bond donors (Lipinski definition) is 3. The molecule has 0 fully saturated rings. The second kappa shape index (κ2) is 4.52. The van der Waals surface area contributed by atoms with E-state index in [1.165, 1.54) is 18.5 Å². The Bertz CT molecular complexity index is 524. The molecule has 2 rings (SSSR count). The van der Waals surface area contributed by atoms with Gasteiger partial charge in [0.05, 0.1) is 12.1 Å². The van der Waals surface area contributed by atoms with Crippen LogP contribution in [0.25, 0.3) is 0 Å². The quantitative estimate of drug-likeness (QED) is 0.675. The molecule has 0 bridgehead atoms. The number of aromatic carboxylic acids is 1. The van der Waals surface area contributed by atoms with Gasteiger partial charge in [-0.05, 0) is 18.2 Å². The molecule has 7 nitrogen and oxygen atoms in total. The fraction of sp³-hybridized carbons (Fsp3) is 0.100. The highest BCUT2D eigenvalue weighted by atomic mass is 16.5. The molecule has 7 heteroatoms. The first kappa shape index (κ1) is 10.9. The van der Waals surface area contributed by atoms with Crippen LogP contribution in [-0.4, -0.2) is 21.2 Å². The van der Waals surface area contributed by atoms with Crippen LogP contribution >= 0.6 is 0 Å². The summed E-state index contributed by atoms with van der Waals surface area (Å²) in [5, 5.41) is 15.5. The number of nitrogens with two attached hydrogens (primary N) is 1. The Morgan fingerprint density at radius 2 is 2.35 bits per heavy atom. The van der Waals surface area contributed by atoms with Gasteiger partial charge in [0.1, 0.15) is 0 Å². The van der Waals surface area contributed by atoms with E-state index in [-0.39, 0.29) is 11.3 Å². The van der Waals surface area contributed by atoms with Gasteiger partial charge >= 0.3 is 5.97 Å². The van der Waals surface area contributed by atoms with E-state index in [1.807, 2.05) is 0 Å². The summed E-state index contributed by atoms with van der Waals surface area (Å²) in [5.74, 6) is -0.579. The van der Waals surface area contributed by atoms with Gasteiger partial charge < -0.3 is 20.7 Å². The number of rotatable bonds is 4. The van der Waals surface area contributed by atoms with Gasteiger partial charge in [-0.2, -0.15) is 4.98 Å². The van der Waals surface area contributed by atoms with Gasteiger partial charge in [-0.15, -0.1) is 0 Å². The van der Waals surface area contributed by atoms with Crippen molar-refractivity contribution in [1.82, 2.24) is 10.1 Å². The molecule has 0 atom stereocenters. The molecule has 0 aliphatic carbocycles. The van der Waals surface area contributed by atoms with Crippen LogP contribution in [0.4, 0.5) is 11.4 Å². The van der Waals surface area contributed by atoms with Crippen LogP contribution in [0.2, 0.25) is 0 Å². The van der Waals surface area contributed by atoms with E-state index in [4.69, 9.17) is 10.8 Å². The summed E-state index contributed by atoms with van der Waals surface area (Å²) in [7, 11) is 0. The summed E-state index contributed by atoms with van der Waals surface area (Å²) in [6.07, 6.45) is 1.22. The summed E-state index contributed by atoms with van der Waals surface area (Å²) in [6.45, 7) is 0.347. The predicted octanol–water partition coefficient (Wildman–Crippen LogP) is 0.962. The first-order valence-electron chi connectivity index (χ1n) is 4.79. The van der Waals surface area contributed by atoms with Crippen LogP contribution in [0, 0.1) is 0 Å². The van der Waals surface area contributed by atoms with Gasteiger partial charge in [-0.1, -0.05) is 5.16 Å². The maximum absolute atomic E-state index is 10.9. The highest BCUT2D eigenvalue weighted by Gasteiger charge is 2.08. The van der Waals surface area contributed by atoms with Gasteiger partial charge in [-0.3, -0.25) is 0 Å². The topological polar surface area (TPSA) is 114 Å². The van der Waals surface area contributed by atoms with Crippen molar-refractivity contribution in [3.05, 3.63) is 36.0 Å². The van der Waals surface area contributed by atoms with Gasteiger partial charge in [0.25, 0.3) is 0 Å². The van der Waals surface area contributed by atoms with E-state index in [9.17, 15) is 4.79 Å². The SMILES string of the molecule is Nc1ccc(NCc2ncon2)cc1C(=O)O. The third kappa shape index (κ3) is 2.51. The molecular formula is C10H10N4O3. The second-order valence-electron chi connectivity index (χ2n) is 3.31. The van der Waals surface area contributed by atoms with Gasteiger partial charge in [0, 0.05) is 11.4 Å². The minimum atomic E-state index is -1.06. The number of carboxylic acid groups (broad SMARTS) is 1. The molecule has 0 unspecified atom stereocenters. The fourth-order valence-corrected chi connectivity index (χ4v) is 1.30. The van der Waals surface area contributed by atoms with Crippen LogP contribution in [0.15, 0.2) is 29.1 Å². The molecule has 0 spiro atoms. The molecule has 0 radical (unpaired) electrons. The number of carboxylic acids is 1. The number of nitrogen functional groups attached to an aromatic ring is 1. The van der Waals surface area contributed by atoms with Crippen molar-refractivity contribution >= 4 is 17.3 Å². The molecule has 1 aromatic heterocycles. The Balaban J connectivity index is 2.11. The number of anilines is 2. The molecule has 1 aromatic carbocycles. The Labute approximate surface area is 96.2 Å². The predicted molar refractivity (Wildman–Crippen MR) is 59.4 cm³/mol. The molecule has 2 aromatic rings. The van der Waals surface area contributed by atoms with Gasteiger partial charge in [-0.25, -0.2) is 4.79 Å². The number of benzene rings is 1. The molecule has 88 valence electrons. The summed E-state index contributed by atoms with van der Waals surface area (Å²) in [5.41, 5.74) is 6.44. The molecule has 1 heterocycles. The maximum atomic E-state index is 10.9. The molecule has 4 N–H and O–H groups in total. The summed E-state index contributed by atoms with van der Waals surface area (Å²) < 4.78 is 4.57. The molecule has 0 aliphatic heterocycles. The number of nitrogens with zero attached hydrogens (tertiary/aromatic N) is 2. The third-order valence-corrected chi connectivity index (χ3v) is 2.14. The minimum absolute atomic E-state index is 0.0584. The zero-order chi connectivity index (χ0) is 12.3. The van der Waals surface area contributed by atoms with Crippen LogP contribution in [0.5, 0.6) is 0 Å². The highest BCUT2D eigenvalue weighted by Crippen LogP contribution is 2.18. The molecule has 0 saturated carbocycles. The number of carbonyl (C=O) groups is 1. The Hall–Kier alpha value is -2.57. The molecule has 0 aliphatic rings. The Morgan fingerprint density at radius 3 is 3.00 bits per heavy atom. The van der Waals surface area contributed by atoms with E-state index < -0.39 is 5.97 Å². The largest absolute Gasteiger partial charge is 0.478 e. The lowest BCUT2D eigenvalue weighted by molar-refractivity contribution is 0.0698. The summed E-state index contributed by atoms with van der Waals surface area (Å²) in [4.78, 5) is 14.7. The number of aromatic nitrogens is 2. The Morgan fingerprint density at radius 1 is 1.53 bits per heavy atom. The minimum Gasteiger partial charge on any atom is -0.478 e. The monoisotopic (exact) mass is 234 g/mol. The number of nitrogens with one attached hydrogen (secondary N) is 1. The van der Waals surface area contributed by atoms with Crippen LogP contribution in [0.1, 0.15) is 16.2 Å². The van der Waals surface area contributed by atoms with E-state index in [2.05, 4.69) is 20.0 Å².